The van der Waals surface area contributed by atoms with Crippen LogP contribution in [0.25, 0.3) is 0 Å². The van der Waals surface area contributed by atoms with E-state index in [1.807, 2.05) is 11.0 Å². The molecule has 2 aromatic rings. The summed E-state index contributed by atoms with van der Waals surface area (Å²) in [6.45, 7) is 10.6. The molecule has 0 aromatic heterocycles. The average molecular weight is 405 g/mol. The van der Waals surface area contributed by atoms with E-state index in [9.17, 15) is 9.90 Å². The zero-order valence-electron chi connectivity index (χ0n) is 18.5. The number of carbonyl (C=O) groups excluding carboxylic acids is 1. The Hall–Kier alpha value is -2.49. The molecule has 4 heteroatoms. The van der Waals surface area contributed by atoms with Gasteiger partial charge in [0, 0.05) is 30.2 Å². The Morgan fingerprint density at radius 3 is 2.73 bits per heavy atom. The largest absolute Gasteiger partial charge is 0.508 e. The molecule has 1 saturated heterocycles. The van der Waals surface area contributed by atoms with E-state index in [4.69, 9.17) is 0 Å². The smallest absolute Gasteiger partial charge is 0.324 e. The Morgan fingerprint density at radius 1 is 1.13 bits per heavy atom. The fourth-order valence-corrected chi connectivity index (χ4v) is 6.23. The van der Waals surface area contributed by atoms with Gasteiger partial charge in [-0.2, -0.15) is 0 Å². The average Bonchev–Trinajstić information content (AvgIpc) is 2.70. The van der Waals surface area contributed by atoms with Gasteiger partial charge >= 0.3 is 6.03 Å². The first-order chi connectivity index (χ1) is 14.2. The van der Waals surface area contributed by atoms with Crippen molar-refractivity contribution in [3.05, 3.63) is 58.7 Å². The van der Waals surface area contributed by atoms with E-state index < -0.39 is 0 Å². The maximum Gasteiger partial charge on any atom is 0.324 e. The second-order valence-corrected chi connectivity index (χ2v) is 10.2. The summed E-state index contributed by atoms with van der Waals surface area (Å²) >= 11 is 0. The second-order valence-electron chi connectivity index (χ2n) is 10.2. The molecule has 3 aliphatic rings. The van der Waals surface area contributed by atoms with Crippen LogP contribution in [0.2, 0.25) is 0 Å². The van der Waals surface area contributed by atoms with Gasteiger partial charge in [-0.15, -0.1) is 0 Å². The summed E-state index contributed by atoms with van der Waals surface area (Å²) in [4.78, 5) is 18.0. The van der Waals surface area contributed by atoms with Crippen LogP contribution in [0.3, 0.4) is 0 Å². The Bertz CT molecular complexity index is 1030. The summed E-state index contributed by atoms with van der Waals surface area (Å²) < 4.78 is 0. The molecular formula is C26H32N2O2. The third-order valence-electron chi connectivity index (χ3n) is 8.46. The minimum absolute atomic E-state index is 0.0578. The van der Waals surface area contributed by atoms with E-state index in [1.54, 1.807) is 6.07 Å². The minimum Gasteiger partial charge on any atom is -0.508 e. The van der Waals surface area contributed by atoms with Crippen molar-refractivity contribution in [2.45, 2.75) is 64.8 Å². The summed E-state index contributed by atoms with van der Waals surface area (Å²) in [6.07, 6.45) is 3.67. The maximum atomic E-state index is 13.9. The highest BCUT2D eigenvalue weighted by molar-refractivity contribution is 5.94. The highest BCUT2D eigenvalue weighted by Gasteiger charge is 2.57. The molecule has 2 aliphatic heterocycles. The number of carbonyl (C=O) groups is 1. The van der Waals surface area contributed by atoms with Crippen LogP contribution in [0.15, 0.2) is 36.4 Å². The molecule has 0 unspecified atom stereocenters. The predicted octanol–water partition coefficient (Wildman–Crippen LogP) is 5.19. The number of fused-ring (bicyclic) bond motifs is 5. The van der Waals surface area contributed by atoms with Crippen molar-refractivity contribution in [2.75, 3.05) is 18.0 Å². The molecule has 5 rings (SSSR count). The standard InChI is InChI=1S/C26H32N2O2/c1-17-10-11-21-18(15-17)7-6-13-27(21)24(30)28-14-12-26(4)20-8-5-9-22(29)19(20)16-23(28)25(26,2)3/h5,8-11,15,23,29H,6-7,12-14,16H2,1-4H3/t23-,26+/m1/s1. The lowest BCUT2D eigenvalue weighted by Crippen LogP contribution is -2.66. The van der Waals surface area contributed by atoms with Gasteiger partial charge in [0.15, 0.2) is 0 Å². The quantitative estimate of drug-likeness (QED) is 0.657. The van der Waals surface area contributed by atoms with Crippen molar-refractivity contribution in [2.24, 2.45) is 5.41 Å². The molecule has 0 saturated carbocycles. The number of amides is 2. The van der Waals surface area contributed by atoms with Crippen LogP contribution in [0.5, 0.6) is 5.75 Å². The molecule has 4 nitrogen and oxygen atoms in total. The van der Waals surface area contributed by atoms with Crippen molar-refractivity contribution in [3.63, 3.8) is 0 Å². The van der Waals surface area contributed by atoms with Gasteiger partial charge in [0.25, 0.3) is 0 Å². The molecular weight excluding hydrogens is 372 g/mol. The topological polar surface area (TPSA) is 43.8 Å². The van der Waals surface area contributed by atoms with Gasteiger partial charge in [-0.25, -0.2) is 4.79 Å². The molecule has 2 heterocycles. The molecule has 2 amide bonds. The number of anilines is 1. The number of phenols is 1. The third kappa shape index (κ3) is 2.55. The Kier molecular flexibility index (Phi) is 4.22. The zero-order valence-corrected chi connectivity index (χ0v) is 18.5. The van der Waals surface area contributed by atoms with Gasteiger partial charge in [0.05, 0.1) is 0 Å². The normalized spacial score (nSPS) is 26.7. The summed E-state index contributed by atoms with van der Waals surface area (Å²) in [5.41, 5.74) is 5.75. The van der Waals surface area contributed by atoms with Crippen LogP contribution >= 0.6 is 0 Å². The molecule has 1 N–H and O–H groups in total. The van der Waals surface area contributed by atoms with E-state index in [2.05, 4.69) is 56.9 Å². The van der Waals surface area contributed by atoms with Crippen molar-refractivity contribution < 1.29 is 9.90 Å². The number of piperidine rings is 1. The molecule has 2 bridgehead atoms. The number of aromatic hydroxyl groups is 1. The van der Waals surface area contributed by atoms with Crippen LogP contribution in [0.1, 0.15) is 55.9 Å². The fourth-order valence-electron chi connectivity index (χ4n) is 6.23. The van der Waals surface area contributed by atoms with Gasteiger partial charge in [-0.3, -0.25) is 4.90 Å². The maximum absolute atomic E-state index is 13.9. The number of phenolic OH excluding ortho intramolecular Hbond substituents is 1. The Morgan fingerprint density at radius 2 is 1.93 bits per heavy atom. The number of benzene rings is 2. The molecule has 158 valence electrons. The summed E-state index contributed by atoms with van der Waals surface area (Å²) in [7, 11) is 0. The lowest BCUT2D eigenvalue weighted by atomic mass is 9.51. The number of aryl methyl sites for hydroxylation is 2. The van der Waals surface area contributed by atoms with Crippen LogP contribution < -0.4 is 4.90 Å². The molecule has 1 fully saturated rings. The van der Waals surface area contributed by atoms with Crippen molar-refractivity contribution in [1.82, 2.24) is 4.90 Å². The lowest BCUT2D eigenvalue weighted by Gasteiger charge is -2.61. The van der Waals surface area contributed by atoms with Gasteiger partial charge < -0.3 is 10.0 Å². The highest BCUT2D eigenvalue weighted by Crippen LogP contribution is 2.57. The van der Waals surface area contributed by atoms with Crippen molar-refractivity contribution >= 4 is 11.7 Å². The van der Waals surface area contributed by atoms with Crippen LogP contribution in [-0.4, -0.2) is 35.2 Å². The number of nitrogens with zero attached hydrogens (tertiary/aromatic N) is 2. The number of rotatable bonds is 0. The zero-order chi connectivity index (χ0) is 21.3. The van der Waals surface area contributed by atoms with Gasteiger partial charge in [0.2, 0.25) is 0 Å². The van der Waals surface area contributed by atoms with E-state index in [0.717, 1.165) is 43.6 Å². The van der Waals surface area contributed by atoms with Crippen molar-refractivity contribution in [1.29, 1.82) is 0 Å². The molecule has 2 atom stereocenters. The summed E-state index contributed by atoms with van der Waals surface area (Å²) in [6, 6.07) is 12.6. The van der Waals surface area contributed by atoms with Gasteiger partial charge in [0.1, 0.15) is 5.75 Å². The predicted molar refractivity (Wildman–Crippen MR) is 120 cm³/mol. The Balaban J connectivity index is 1.54. The fraction of sp³-hybridized carbons (Fsp3) is 0.500. The molecule has 2 aromatic carbocycles. The van der Waals surface area contributed by atoms with E-state index in [1.165, 1.54) is 16.7 Å². The van der Waals surface area contributed by atoms with Crippen LogP contribution in [0, 0.1) is 12.3 Å². The van der Waals surface area contributed by atoms with E-state index >= 15 is 0 Å². The first kappa shape index (κ1) is 19.5. The van der Waals surface area contributed by atoms with Crippen LogP contribution in [-0.2, 0) is 18.3 Å². The first-order valence-corrected chi connectivity index (χ1v) is 11.2. The van der Waals surface area contributed by atoms with E-state index in [0.29, 0.717) is 12.2 Å². The number of hydrogen-bond acceptors (Lipinski definition) is 2. The van der Waals surface area contributed by atoms with Gasteiger partial charge in [-0.1, -0.05) is 50.6 Å². The van der Waals surface area contributed by atoms with E-state index in [-0.39, 0.29) is 22.9 Å². The number of urea groups is 1. The molecule has 0 spiro atoms. The van der Waals surface area contributed by atoms with Crippen molar-refractivity contribution in [3.8, 4) is 5.75 Å². The molecule has 30 heavy (non-hydrogen) atoms. The summed E-state index contributed by atoms with van der Waals surface area (Å²) in [5, 5.41) is 10.6. The molecule has 0 radical (unpaired) electrons. The highest BCUT2D eigenvalue weighted by atomic mass is 16.3. The second kappa shape index (κ2) is 6.50. The number of likely N-dealkylation sites (tertiary alicyclic amines) is 1. The first-order valence-electron chi connectivity index (χ1n) is 11.2. The molecule has 1 aliphatic carbocycles. The minimum atomic E-state index is -0.0758. The Labute approximate surface area is 179 Å². The number of hydrogen-bond donors (Lipinski definition) is 1. The summed E-state index contributed by atoms with van der Waals surface area (Å²) in [5.74, 6) is 0.368. The van der Waals surface area contributed by atoms with Gasteiger partial charge in [-0.05, 0) is 66.8 Å². The SMILES string of the molecule is Cc1ccc2c(c1)CCCN2C(=O)N1CC[C@@]2(C)c3cccc(O)c3C[C@@H]1C2(C)C. The monoisotopic (exact) mass is 404 g/mol. The third-order valence-corrected chi connectivity index (χ3v) is 8.46. The lowest BCUT2D eigenvalue weighted by molar-refractivity contribution is -0.0147. The van der Waals surface area contributed by atoms with Crippen LogP contribution in [0.4, 0.5) is 10.5 Å².